The summed E-state index contributed by atoms with van der Waals surface area (Å²) in [5.74, 6) is -1.84. The maximum Gasteiger partial charge on any atom is 0.335 e. The van der Waals surface area contributed by atoms with E-state index in [2.05, 4.69) is 17.6 Å². The predicted octanol–water partition coefficient (Wildman–Crippen LogP) is 2.45. The van der Waals surface area contributed by atoms with Crippen molar-refractivity contribution in [1.29, 1.82) is 0 Å². The summed E-state index contributed by atoms with van der Waals surface area (Å²) in [6.07, 6.45) is 2.13. The number of carboxylic acid groups (broad SMARTS) is 1. The van der Waals surface area contributed by atoms with Gasteiger partial charge in [-0.2, -0.15) is 0 Å². The van der Waals surface area contributed by atoms with Crippen molar-refractivity contribution in [3.05, 3.63) is 29.6 Å². The van der Waals surface area contributed by atoms with Gasteiger partial charge in [0.1, 0.15) is 5.82 Å². The highest BCUT2D eigenvalue weighted by Crippen LogP contribution is 2.44. The number of urea groups is 1. The number of hydrogen-bond donors (Lipinski definition) is 3. The minimum absolute atomic E-state index is 0.0779. The first-order valence-corrected chi connectivity index (χ1v) is 5.97. The van der Waals surface area contributed by atoms with Gasteiger partial charge in [0.05, 0.1) is 11.3 Å². The van der Waals surface area contributed by atoms with Gasteiger partial charge < -0.3 is 15.7 Å². The number of halogens is 1. The molecule has 1 aliphatic carbocycles. The van der Waals surface area contributed by atoms with E-state index < -0.39 is 17.8 Å². The molecule has 102 valence electrons. The number of carbonyl (C=O) groups is 2. The third kappa shape index (κ3) is 3.43. The fourth-order valence-electron chi connectivity index (χ4n) is 1.60. The maximum atomic E-state index is 13.4. The quantitative estimate of drug-likeness (QED) is 0.783. The second-order valence-electron chi connectivity index (χ2n) is 5.12. The molecule has 1 aromatic carbocycles. The molecule has 1 aromatic rings. The van der Waals surface area contributed by atoms with Crippen LogP contribution in [0.4, 0.5) is 14.9 Å². The largest absolute Gasteiger partial charge is 0.478 e. The minimum Gasteiger partial charge on any atom is -0.478 e. The van der Waals surface area contributed by atoms with Crippen LogP contribution < -0.4 is 10.6 Å². The molecule has 1 saturated carbocycles. The van der Waals surface area contributed by atoms with Crippen molar-refractivity contribution in [2.24, 2.45) is 5.41 Å². The van der Waals surface area contributed by atoms with E-state index in [-0.39, 0.29) is 16.7 Å². The van der Waals surface area contributed by atoms with E-state index in [0.29, 0.717) is 6.54 Å². The molecule has 0 atom stereocenters. The Balaban J connectivity index is 1.99. The number of benzene rings is 1. The lowest BCUT2D eigenvalue weighted by molar-refractivity contribution is 0.0697. The van der Waals surface area contributed by atoms with Crippen LogP contribution in [0.25, 0.3) is 0 Å². The Kier molecular flexibility index (Phi) is 3.42. The van der Waals surface area contributed by atoms with Crippen LogP contribution in [-0.4, -0.2) is 23.7 Å². The first-order valence-electron chi connectivity index (χ1n) is 5.97. The van der Waals surface area contributed by atoms with Gasteiger partial charge in [0.15, 0.2) is 0 Å². The fourth-order valence-corrected chi connectivity index (χ4v) is 1.60. The average molecular weight is 266 g/mol. The molecule has 3 N–H and O–H groups in total. The van der Waals surface area contributed by atoms with E-state index in [1.165, 1.54) is 0 Å². The zero-order valence-electron chi connectivity index (χ0n) is 10.5. The van der Waals surface area contributed by atoms with Crippen molar-refractivity contribution >= 4 is 17.7 Å². The SMILES string of the molecule is CC1(CNC(=O)Nc2cc(C(=O)O)ccc2F)CC1. The molecule has 0 aromatic heterocycles. The zero-order chi connectivity index (χ0) is 14.0. The molecular weight excluding hydrogens is 251 g/mol. The third-order valence-electron chi connectivity index (χ3n) is 3.24. The van der Waals surface area contributed by atoms with Crippen molar-refractivity contribution in [3.8, 4) is 0 Å². The molecule has 0 unspecified atom stereocenters. The lowest BCUT2D eigenvalue weighted by atomic mass is 10.1. The molecule has 0 bridgehead atoms. The molecule has 0 saturated heterocycles. The Morgan fingerprint density at radius 3 is 2.68 bits per heavy atom. The van der Waals surface area contributed by atoms with Crippen LogP contribution in [0.15, 0.2) is 18.2 Å². The summed E-state index contributed by atoms with van der Waals surface area (Å²) in [4.78, 5) is 22.3. The van der Waals surface area contributed by atoms with Crippen LogP contribution in [0.5, 0.6) is 0 Å². The Morgan fingerprint density at radius 2 is 2.11 bits per heavy atom. The molecule has 1 fully saturated rings. The maximum absolute atomic E-state index is 13.4. The van der Waals surface area contributed by atoms with Gasteiger partial charge >= 0.3 is 12.0 Å². The standard InChI is InChI=1S/C13H15FN2O3/c1-13(4-5-13)7-15-12(19)16-10-6-8(11(17)18)2-3-9(10)14/h2-3,6H,4-5,7H2,1H3,(H,17,18)(H2,15,16,19). The van der Waals surface area contributed by atoms with E-state index in [0.717, 1.165) is 31.0 Å². The van der Waals surface area contributed by atoms with Crippen LogP contribution >= 0.6 is 0 Å². The zero-order valence-corrected chi connectivity index (χ0v) is 10.5. The van der Waals surface area contributed by atoms with Gasteiger partial charge in [0.2, 0.25) is 0 Å². The lowest BCUT2D eigenvalue weighted by Gasteiger charge is -2.12. The van der Waals surface area contributed by atoms with Gasteiger partial charge in [0.25, 0.3) is 0 Å². The molecule has 5 nitrogen and oxygen atoms in total. The van der Waals surface area contributed by atoms with Crippen molar-refractivity contribution in [3.63, 3.8) is 0 Å². The van der Waals surface area contributed by atoms with Gasteiger partial charge in [-0.15, -0.1) is 0 Å². The third-order valence-corrected chi connectivity index (χ3v) is 3.24. The van der Waals surface area contributed by atoms with Crippen molar-refractivity contribution in [2.75, 3.05) is 11.9 Å². The molecule has 1 aliphatic rings. The second kappa shape index (κ2) is 4.87. The summed E-state index contributed by atoms with van der Waals surface area (Å²) in [7, 11) is 0. The molecule has 6 heteroatoms. The molecule has 0 aliphatic heterocycles. The monoisotopic (exact) mass is 266 g/mol. The molecule has 19 heavy (non-hydrogen) atoms. The molecule has 2 amide bonds. The Labute approximate surface area is 109 Å². The van der Waals surface area contributed by atoms with Crippen LogP contribution in [0.1, 0.15) is 30.1 Å². The van der Waals surface area contributed by atoms with E-state index in [1.54, 1.807) is 0 Å². The lowest BCUT2D eigenvalue weighted by Crippen LogP contribution is -2.33. The molecular formula is C13H15FN2O3. The van der Waals surface area contributed by atoms with E-state index >= 15 is 0 Å². The summed E-state index contributed by atoms with van der Waals surface area (Å²) >= 11 is 0. The van der Waals surface area contributed by atoms with Gasteiger partial charge in [-0.05, 0) is 36.5 Å². The van der Waals surface area contributed by atoms with Crippen LogP contribution in [0, 0.1) is 11.2 Å². The number of rotatable bonds is 4. The van der Waals surface area contributed by atoms with Gasteiger partial charge in [0, 0.05) is 6.54 Å². The summed E-state index contributed by atoms with van der Waals surface area (Å²) < 4.78 is 13.4. The van der Waals surface area contributed by atoms with Gasteiger partial charge in [-0.1, -0.05) is 6.92 Å². The van der Waals surface area contributed by atoms with Gasteiger partial charge in [-0.25, -0.2) is 14.0 Å². The van der Waals surface area contributed by atoms with Crippen molar-refractivity contribution < 1.29 is 19.1 Å². The first kappa shape index (κ1) is 13.3. The molecule has 0 spiro atoms. The number of carbonyl (C=O) groups excluding carboxylic acids is 1. The topological polar surface area (TPSA) is 78.4 Å². The summed E-state index contributed by atoms with van der Waals surface area (Å²) in [6.45, 7) is 2.58. The average Bonchev–Trinajstić information content (AvgIpc) is 3.08. The number of hydrogen-bond acceptors (Lipinski definition) is 2. The molecule has 2 rings (SSSR count). The van der Waals surface area contributed by atoms with Crippen LogP contribution in [-0.2, 0) is 0 Å². The van der Waals surface area contributed by atoms with Gasteiger partial charge in [-0.3, -0.25) is 0 Å². The fraction of sp³-hybridized carbons (Fsp3) is 0.385. The number of nitrogens with one attached hydrogen (secondary N) is 2. The smallest absolute Gasteiger partial charge is 0.335 e. The summed E-state index contributed by atoms with van der Waals surface area (Å²) in [5.41, 5.74) is -0.0667. The number of anilines is 1. The Morgan fingerprint density at radius 1 is 1.42 bits per heavy atom. The van der Waals surface area contributed by atoms with Crippen molar-refractivity contribution in [2.45, 2.75) is 19.8 Å². The van der Waals surface area contributed by atoms with E-state index in [4.69, 9.17) is 5.11 Å². The Hall–Kier alpha value is -2.11. The van der Waals surface area contributed by atoms with E-state index in [9.17, 15) is 14.0 Å². The number of aromatic carboxylic acids is 1. The predicted molar refractivity (Wildman–Crippen MR) is 67.7 cm³/mol. The Bertz CT molecular complexity index is 527. The highest BCUT2D eigenvalue weighted by Gasteiger charge is 2.37. The summed E-state index contributed by atoms with van der Waals surface area (Å²) in [6, 6.07) is 2.72. The number of amides is 2. The summed E-state index contributed by atoms with van der Waals surface area (Å²) in [5, 5.41) is 13.8. The van der Waals surface area contributed by atoms with Crippen LogP contribution in [0.2, 0.25) is 0 Å². The van der Waals surface area contributed by atoms with Crippen LogP contribution in [0.3, 0.4) is 0 Å². The molecule has 0 radical (unpaired) electrons. The number of carboxylic acids is 1. The highest BCUT2D eigenvalue weighted by atomic mass is 19.1. The normalized spacial score (nSPS) is 15.7. The van der Waals surface area contributed by atoms with E-state index in [1.807, 2.05) is 0 Å². The van der Waals surface area contributed by atoms with Crippen molar-refractivity contribution in [1.82, 2.24) is 5.32 Å². The highest BCUT2D eigenvalue weighted by molar-refractivity contribution is 5.93. The minimum atomic E-state index is -1.17. The second-order valence-corrected chi connectivity index (χ2v) is 5.12. The first-order chi connectivity index (χ1) is 8.89. The molecule has 0 heterocycles.